The van der Waals surface area contributed by atoms with Gasteiger partial charge in [-0.15, -0.1) is 0 Å². The van der Waals surface area contributed by atoms with Gasteiger partial charge in [-0.05, 0) is 36.6 Å². The van der Waals surface area contributed by atoms with Crippen LogP contribution in [0.15, 0.2) is 12.1 Å². The Morgan fingerprint density at radius 2 is 1.75 bits per heavy atom. The van der Waals surface area contributed by atoms with Crippen molar-refractivity contribution in [2.75, 3.05) is 20.8 Å². The average molecular weight is 291 g/mol. The van der Waals surface area contributed by atoms with Crippen LogP contribution in [0.25, 0.3) is 0 Å². The molecule has 20 heavy (non-hydrogen) atoms. The lowest BCUT2D eigenvalue weighted by Crippen LogP contribution is -2.37. The van der Waals surface area contributed by atoms with Crippen LogP contribution in [0.2, 0.25) is 0 Å². The number of hydrogen-bond donors (Lipinski definition) is 1. The zero-order valence-electron chi connectivity index (χ0n) is 11.4. The highest BCUT2D eigenvalue weighted by molar-refractivity contribution is 5.81. The fourth-order valence-corrected chi connectivity index (χ4v) is 1.70. The Kier molecular flexibility index (Phi) is 5.24. The molecule has 7 heteroatoms. The van der Waals surface area contributed by atoms with Gasteiger partial charge >= 0.3 is 12.1 Å². The molecule has 1 rings (SSSR count). The predicted molar refractivity (Wildman–Crippen MR) is 67.1 cm³/mol. The molecule has 0 radical (unpaired) electrons. The van der Waals surface area contributed by atoms with Crippen molar-refractivity contribution in [2.24, 2.45) is 0 Å². The third-order valence-electron chi connectivity index (χ3n) is 2.78. The van der Waals surface area contributed by atoms with Crippen molar-refractivity contribution in [3.05, 3.63) is 23.3 Å². The summed E-state index contributed by atoms with van der Waals surface area (Å²) in [5.41, 5.74) is 1.63. The number of amides is 1. The van der Waals surface area contributed by atoms with Crippen LogP contribution >= 0.6 is 0 Å². The van der Waals surface area contributed by atoms with Gasteiger partial charge in [-0.3, -0.25) is 4.79 Å². The molecule has 0 unspecified atom stereocenters. The minimum Gasteiger partial charge on any atom is -0.493 e. The van der Waals surface area contributed by atoms with Gasteiger partial charge in [-0.25, -0.2) is 0 Å². The second-order valence-electron chi connectivity index (χ2n) is 4.14. The van der Waals surface area contributed by atoms with E-state index in [4.69, 9.17) is 9.47 Å². The van der Waals surface area contributed by atoms with Crippen LogP contribution < -0.4 is 14.8 Å². The molecule has 0 saturated heterocycles. The molecule has 0 fully saturated rings. The third kappa shape index (κ3) is 4.04. The number of aryl methyl sites for hydroxylation is 1. The van der Waals surface area contributed by atoms with Gasteiger partial charge in [-0.2, -0.15) is 13.2 Å². The summed E-state index contributed by atoms with van der Waals surface area (Å²) < 4.78 is 46.3. The predicted octanol–water partition coefficient (Wildman–Crippen LogP) is 2.23. The van der Waals surface area contributed by atoms with Gasteiger partial charge in [0.15, 0.2) is 11.5 Å². The lowest BCUT2D eigenvalue weighted by atomic mass is 10.0. The molecule has 0 aliphatic rings. The van der Waals surface area contributed by atoms with Crippen molar-refractivity contribution in [2.45, 2.75) is 19.5 Å². The molecule has 0 aromatic heterocycles. The topological polar surface area (TPSA) is 47.6 Å². The summed E-state index contributed by atoms with van der Waals surface area (Å²) in [5, 5.41) is 1.83. The number of methoxy groups -OCH3 is 2. The van der Waals surface area contributed by atoms with E-state index >= 15 is 0 Å². The summed E-state index contributed by atoms with van der Waals surface area (Å²) in [6.45, 7) is 1.71. The van der Waals surface area contributed by atoms with E-state index in [0.29, 0.717) is 11.5 Å². The number of carbonyl (C=O) groups is 1. The number of hydrogen-bond acceptors (Lipinski definition) is 3. The first-order chi connectivity index (χ1) is 9.29. The molecule has 112 valence electrons. The number of ether oxygens (including phenoxy) is 2. The summed E-state index contributed by atoms with van der Waals surface area (Å²) in [5.74, 6) is -0.890. The first-order valence-electron chi connectivity index (χ1n) is 5.86. The summed E-state index contributed by atoms with van der Waals surface area (Å²) in [6, 6.07) is 3.42. The Hall–Kier alpha value is -1.92. The Morgan fingerprint density at radius 3 is 2.25 bits per heavy atom. The van der Waals surface area contributed by atoms with E-state index in [1.165, 1.54) is 14.2 Å². The second-order valence-corrected chi connectivity index (χ2v) is 4.14. The van der Waals surface area contributed by atoms with Crippen LogP contribution in [0, 0.1) is 6.92 Å². The first kappa shape index (κ1) is 16.1. The quantitative estimate of drug-likeness (QED) is 0.905. The maximum Gasteiger partial charge on any atom is 0.471 e. The van der Waals surface area contributed by atoms with Crippen LogP contribution in [0.1, 0.15) is 11.1 Å². The zero-order valence-corrected chi connectivity index (χ0v) is 11.4. The van der Waals surface area contributed by atoms with E-state index in [-0.39, 0.29) is 13.0 Å². The fraction of sp³-hybridized carbons (Fsp3) is 0.462. The smallest absolute Gasteiger partial charge is 0.471 e. The molecule has 1 aromatic rings. The number of rotatable bonds is 5. The summed E-state index contributed by atoms with van der Waals surface area (Å²) in [6.07, 6.45) is -4.58. The van der Waals surface area contributed by atoms with E-state index in [1.54, 1.807) is 12.1 Å². The SMILES string of the molecule is COc1cc(C)c(CCNC(=O)C(F)(F)F)cc1OC. The van der Waals surface area contributed by atoms with Gasteiger partial charge in [0.1, 0.15) is 0 Å². The Morgan fingerprint density at radius 1 is 1.20 bits per heavy atom. The molecule has 1 amide bonds. The zero-order chi connectivity index (χ0) is 15.3. The number of nitrogens with one attached hydrogen (secondary N) is 1. The van der Waals surface area contributed by atoms with Gasteiger partial charge in [0.25, 0.3) is 0 Å². The lowest BCUT2D eigenvalue weighted by Gasteiger charge is -2.13. The lowest BCUT2D eigenvalue weighted by molar-refractivity contribution is -0.173. The molecule has 0 aliphatic heterocycles. The van der Waals surface area contributed by atoms with E-state index in [2.05, 4.69) is 0 Å². The standard InChI is InChI=1S/C13H16F3NO3/c1-8-6-10(19-2)11(20-3)7-9(8)4-5-17-12(18)13(14,15)16/h6-7H,4-5H2,1-3H3,(H,17,18). The van der Waals surface area contributed by atoms with Gasteiger partial charge in [0.05, 0.1) is 14.2 Å². The molecule has 4 nitrogen and oxygen atoms in total. The van der Waals surface area contributed by atoms with Crippen molar-refractivity contribution in [3.63, 3.8) is 0 Å². The normalized spacial score (nSPS) is 11.1. The fourth-order valence-electron chi connectivity index (χ4n) is 1.70. The highest BCUT2D eigenvalue weighted by Gasteiger charge is 2.38. The molecule has 0 heterocycles. The van der Waals surface area contributed by atoms with Crippen molar-refractivity contribution >= 4 is 5.91 Å². The van der Waals surface area contributed by atoms with Crippen molar-refractivity contribution in [1.29, 1.82) is 0 Å². The molecule has 1 aromatic carbocycles. The van der Waals surface area contributed by atoms with Gasteiger partial charge in [0.2, 0.25) is 0 Å². The molecule has 0 bridgehead atoms. The minimum absolute atomic E-state index is 0.103. The van der Waals surface area contributed by atoms with E-state index < -0.39 is 12.1 Å². The van der Waals surface area contributed by atoms with Crippen LogP contribution in [-0.4, -0.2) is 32.8 Å². The van der Waals surface area contributed by atoms with E-state index in [0.717, 1.165) is 11.1 Å². The van der Waals surface area contributed by atoms with Crippen LogP contribution in [0.3, 0.4) is 0 Å². The molecule has 0 aliphatic carbocycles. The maximum absolute atomic E-state index is 12.0. The molecule has 1 N–H and O–H groups in total. The van der Waals surface area contributed by atoms with Gasteiger partial charge in [-0.1, -0.05) is 0 Å². The maximum atomic E-state index is 12.0. The van der Waals surface area contributed by atoms with Gasteiger partial charge < -0.3 is 14.8 Å². The molecular formula is C13H16F3NO3. The molecule has 0 saturated carbocycles. The Labute approximate surface area is 114 Å². The van der Waals surface area contributed by atoms with E-state index in [9.17, 15) is 18.0 Å². The third-order valence-corrected chi connectivity index (χ3v) is 2.78. The highest BCUT2D eigenvalue weighted by atomic mass is 19.4. The number of halogens is 3. The van der Waals surface area contributed by atoms with Crippen molar-refractivity contribution in [1.82, 2.24) is 5.32 Å². The highest BCUT2D eigenvalue weighted by Crippen LogP contribution is 2.30. The Bertz CT molecular complexity index is 486. The molecule has 0 atom stereocenters. The van der Waals surface area contributed by atoms with Crippen LogP contribution in [0.5, 0.6) is 11.5 Å². The van der Waals surface area contributed by atoms with Crippen molar-refractivity contribution in [3.8, 4) is 11.5 Å². The summed E-state index contributed by atoms with van der Waals surface area (Å²) in [4.78, 5) is 10.7. The average Bonchev–Trinajstić information content (AvgIpc) is 2.38. The minimum atomic E-state index is -4.85. The van der Waals surface area contributed by atoms with Crippen molar-refractivity contribution < 1.29 is 27.4 Å². The largest absolute Gasteiger partial charge is 0.493 e. The number of alkyl halides is 3. The second kappa shape index (κ2) is 6.49. The first-order valence-corrected chi connectivity index (χ1v) is 5.86. The number of carbonyl (C=O) groups excluding carboxylic acids is 1. The van der Waals surface area contributed by atoms with Crippen LogP contribution in [0.4, 0.5) is 13.2 Å². The summed E-state index contributed by atoms with van der Waals surface area (Å²) >= 11 is 0. The number of benzene rings is 1. The Balaban J connectivity index is 2.71. The monoisotopic (exact) mass is 291 g/mol. The van der Waals surface area contributed by atoms with Gasteiger partial charge in [0, 0.05) is 6.54 Å². The van der Waals surface area contributed by atoms with Crippen LogP contribution in [-0.2, 0) is 11.2 Å². The molecule has 0 spiro atoms. The summed E-state index contributed by atoms with van der Waals surface area (Å²) in [7, 11) is 2.98. The van der Waals surface area contributed by atoms with E-state index in [1.807, 2.05) is 12.2 Å². The molecular weight excluding hydrogens is 275 g/mol.